The second kappa shape index (κ2) is 3.44. The second-order valence-electron chi connectivity index (χ2n) is 2.35. The second-order valence-corrected chi connectivity index (χ2v) is 3.08. The highest BCUT2D eigenvalue weighted by atomic mass is 32.1. The van der Waals surface area contributed by atoms with Crippen LogP contribution in [0.1, 0.15) is 12.8 Å². The molecular formula is C6H12O2S. The predicted molar refractivity (Wildman–Crippen MR) is 38.8 cm³/mol. The lowest BCUT2D eigenvalue weighted by molar-refractivity contribution is -0.0146. The molecule has 3 heteroatoms. The Bertz CT molecular complexity index is 87.1. The van der Waals surface area contributed by atoms with Crippen LogP contribution in [0.2, 0.25) is 0 Å². The van der Waals surface area contributed by atoms with Crippen molar-refractivity contribution in [1.82, 2.24) is 0 Å². The summed E-state index contributed by atoms with van der Waals surface area (Å²) in [6.07, 6.45) is 1.94. The van der Waals surface area contributed by atoms with Crippen molar-refractivity contribution in [3.8, 4) is 0 Å². The van der Waals surface area contributed by atoms with Gasteiger partial charge in [0.2, 0.25) is 0 Å². The number of aliphatic hydroxyl groups excluding tert-OH is 1. The Kier molecular flexibility index (Phi) is 2.82. The van der Waals surface area contributed by atoms with Crippen LogP contribution in [0.3, 0.4) is 0 Å². The molecule has 2 nitrogen and oxygen atoms in total. The Labute approximate surface area is 60.6 Å². The summed E-state index contributed by atoms with van der Waals surface area (Å²) in [5.74, 6) is 0. The topological polar surface area (TPSA) is 29.5 Å². The molecule has 2 atom stereocenters. The fraction of sp³-hybridized carbons (Fsp3) is 1.00. The van der Waals surface area contributed by atoms with Gasteiger partial charge in [-0.2, -0.15) is 12.6 Å². The van der Waals surface area contributed by atoms with E-state index in [0.29, 0.717) is 5.25 Å². The molecule has 0 aliphatic carbocycles. The van der Waals surface area contributed by atoms with Gasteiger partial charge in [0.15, 0.2) is 0 Å². The summed E-state index contributed by atoms with van der Waals surface area (Å²) >= 11 is 4.28. The fourth-order valence-corrected chi connectivity index (χ4v) is 1.33. The molecule has 0 aromatic heterocycles. The number of hydrogen-bond donors (Lipinski definition) is 2. The van der Waals surface area contributed by atoms with Crippen LogP contribution in [0.25, 0.3) is 0 Å². The van der Waals surface area contributed by atoms with Gasteiger partial charge < -0.3 is 9.84 Å². The number of ether oxygens (including phenoxy) is 1. The lowest BCUT2D eigenvalue weighted by Gasteiger charge is -2.24. The van der Waals surface area contributed by atoms with Crippen LogP contribution >= 0.6 is 12.6 Å². The van der Waals surface area contributed by atoms with Crippen LogP contribution in [0.4, 0.5) is 0 Å². The molecule has 0 amide bonds. The quantitative estimate of drug-likeness (QED) is 0.529. The molecule has 2 unspecified atom stereocenters. The van der Waals surface area contributed by atoms with Gasteiger partial charge in [0.1, 0.15) is 0 Å². The summed E-state index contributed by atoms with van der Waals surface area (Å²) in [4.78, 5) is 0. The summed E-state index contributed by atoms with van der Waals surface area (Å²) in [6.45, 7) is 0.885. The van der Waals surface area contributed by atoms with E-state index in [2.05, 4.69) is 12.6 Å². The standard InChI is InChI=1S/C6H12O2S/c7-4-5-3-6(9)1-2-8-5/h5-7,9H,1-4H2. The zero-order chi connectivity index (χ0) is 6.69. The van der Waals surface area contributed by atoms with E-state index in [4.69, 9.17) is 9.84 Å². The normalized spacial score (nSPS) is 36.7. The van der Waals surface area contributed by atoms with Crippen molar-refractivity contribution in [2.45, 2.75) is 24.2 Å². The molecule has 1 aliphatic rings. The van der Waals surface area contributed by atoms with Gasteiger partial charge in [-0.15, -0.1) is 0 Å². The minimum Gasteiger partial charge on any atom is -0.394 e. The van der Waals surface area contributed by atoms with Crippen molar-refractivity contribution < 1.29 is 9.84 Å². The van der Waals surface area contributed by atoms with E-state index >= 15 is 0 Å². The monoisotopic (exact) mass is 148 g/mol. The van der Waals surface area contributed by atoms with E-state index in [-0.39, 0.29) is 12.7 Å². The highest BCUT2D eigenvalue weighted by Gasteiger charge is 2.18. The molecule has 1 heterocycles. The minimum atomic E-state index is 0.0428. The van der Waals surface area contributed by atoms with Crippen molar-refractivity contribution >= 4 is 12.6 Å². The zero-order valence-electron chi connectivity index (χ0n) is 5.29. The van der Waals surface area contributed by atoms with Crippen LogP contribution in [-0.2, 0) is 4.74 Å². The van der Waals surface area contributed by atoms with Gasteiger partial charge in [0.25, 0.3) is 0 Å². The molecule has 1 aliphatic heterocycles. The smallest absolute Gasteiger partial charge is 0.0816 e. The Hall–Kier alpha value is 0.270. The van der Waals surface area contributed by atoms with Gasteiger partial charge in [-0.25, -0.2) is 0 Å². The highest BCUT2D eigenvalue weighted by Crippen LogP contribution is 2.17. The van der Waals surface area contributed by atoms with Crippen molar-refractivity contribution in [1.29, 1.82) is 0 Å². The Morgan fingerprint density at radius 1 is 1.67 bits per heavy atom. The first-order valence-electron chi connectivity index (χ1n) is 3.23. The highest BCUT2D eigenvalue weighted by molar-refractivity contribution is 7.80. The molecule has 1 N–H and O–H groups in total. The van der Waals surface area contributed by atoms with Crippen LogP contribution in [0.15, 0.2) is 0 Å². The molecule has 9 heavy (non-hydrogen) atoms. The molecule has 0 radical (unpaired) electrons. The van der Waals surface area contributed by atoms with E-state index in [0.717, 1.165) is 19.4 Å². The van der Waals surface area contributed by atoms with E-state index in [9.17, 15) is 0 Å². The third-order valence-corrected chi connectivity index (χ3v) is 2.01. The maximum absolute atomic E-state index is 8.65. The van der Waals surface area contributed by atoms with Crippen molar-refractivity contribution in [2.24, 2.45) is 0 Å². The van der Waals surface area contributed by atoms with Crippen molar-refractivity contribution in [3.63, 3.8) is 0 Å². The molecule has 0 bridgehead atoms. The lowest BCUT2D eigenvalue weighted by atomic mass is 10.1. The van der Waals surface area contributed by atoms with Crippen LogP contribution in [0, 0.1) is 0 Å². The SMILES string of the molecule is OCC1CC(S)CCO1. The van der Waals surface area contributed by atoms with Gasteiger partial charge in [-0.3, -0.25) is 0 Å². The summed E-state index contributed by atoms with van der Waals surface area (Å²) in [7, 11) is 0. The largest absolute Gasteiger partial charge is 0.394 e. The predicted octanol–water partition coefficient (Wildman–Crippen LogP) is 0.456. The maximum Gasteiger partial charge on any atom is 0.0816 e. The molecule has 0 aromatic carbocycles. The van der Waals surface area contributed by atoms with E-state index in [1.807, 2.05) is 0 Å². The van der Waals surface area contributed by atoms with Crippen LogP contribution in [0.5, 0.6) is 0 Å². The van der Waals surface area contributed by atoms with Gasteiger partial charge >= 0.3 is 0 Å². The maximum atomic E-state index is 8.65. The van der Waals surface area contributed by atoms with Gasteiger partial charge in [-0.05, 0) is 12.8 Å². The summed E-state index contributed by atoms with van der Waals surface area (Å²) in [5.41, 5.74) is 0. The number of rotatable bonds is 1. The molecule has 1 fully saturated rings. The minimum absolute atomic E-state index is 0.0428. The van der Waals surface area contributed by atoms with E-state index in [1.54, 1.807) is 0 Å². The third kappa shape index (κ3) is 2.16. The molecule has 0 saturated carbocycles. The average molecular weight is 148 g/mol. The van der Waals surface area contributed by atoms with E-state index in [1.165, 1.54) is 0 Å². The summed E-state index contributed by atoms with van der Waals surface area (Å²) in [6, 6.07) is 0. The first-order valence-corrected chi connectivity index (χ1v) is 3.75. The van der Waals surface area contributed by atoms with Crippen LogP contribution < -0.4 is 0 Å². The Morgan fingerprint density at radius 2 is 2.44 bits per heavy atom. The first kappa shape index (κ1) is 7.38. The molecule has 1 saturated heterocycles. The zero-order valence-corrected chi connectivity index (χ0v) is 6.18. The molecule has 0 aromatic rings. The molecule has 0 spiro atoms. The molecular weight excluding hydrogens is 136 g/mol. The fourth-order valence-electron chi connectivity index (χ4n) is 0.987. The Morgan fingerprint density at radius 3 is 2.89 bits per heavy atom. The van der Waals surface area contributed by atoms with E-state index < -0.39 is 0 Å². The van der Waals surface area contributed by atoms with Crippen LogP contribution in [-0.4, -0.2) is 29.7 Å². The Balaban J connectivity index is 2.23. The first-order chi connectivity index (χ1) is 4.33. The van der Waals surface area contributed by atoms with Crippen molar-refractivity contribution in [2.75, 3.05) is 13.2 Å². The van der Waals surface area contributed by atoms with Gasteiger partial charge in [0.05, 0.1) is 12.7 Å². The van der Waals surface area contributed by atoms with Crippen molar-refractivity contribution in [3.05, 3.63) is 0 Å². The average Bonchev–Trinajstić information content (AvgIpc) is 1.88. The molecule has 1 rings (SSSR count). The van der Waals surface area contributed by atoms with Gasteiger partial charge in [-0.1, -0.05) is 0 Å². The number of aliphatic hydroxyl groups is 1. The number of thiol groups is 1. The lowest BCUT2D eigenvalue weighted by Crippen LogP contribution is -2.28. The third-order valence-electron chi connectivity index (χ3n) is 1.54. The summed E-state index contributed by atoms with van der Waals surface area (Å²) in [5, 5.41) is 9.08. The van der Waals surface area contributed by atoms with Gasteiger partial charge in [0, 0.05) is 11.9 Å². The number of hydrogen-bond acceptors (Lipinski definition) is 3. The molecule has 54 valence electrons. The summed E-state index contributed by atoms with van der Waals surface area (Å²) < 4.78 is 5.20.